The number of hydrogen-bond acceptors (Lipinski definition) is 6. The number of carbonyl (C=O) groups is 1. The van der Waals surface area contributed by atoms with Gasteiger partial charge >= 0.3 is 0 Å². The predicted octanol–water partition coefficient (Wildman–Crippen LogP) is 1.94. The third-order valence-corrected chi connectivity index (χ3v) is 4.17. The summed E-state index contributed by atoms with van der Waals surface area (Å²) in [5.41, 5.74) is 0.857. The van der Waals surface area contributed by atoms with Crippen LogP contribution in [0, 0.1) is 0 Å². The smallest absolute Gasteiger partial charge is 0.227 e. The molecule has 2 aromatic rings. The van der Waals surface area contributed by atoms with Crippen LogP contribution in [0.15, 0.2) is 28.8 Å². The molecule has 0 radical (unpaired) electrons. The van der Waals surface area contributed by atoms with Crippen LogP contribution < -0.4 is 15.4 Å². The molecule has 2 heterocycles. The summed E-state index contributed by atoms with van der Waals surface area (Å²) in [6, 6.07) is 7.93. The van der Waals surface area contributed by atoms with Crippen LogP contribution in [-0.4, -0.2) is 41.8 Å². The van der Waals surface area contributed by atoms with Gasteiger partial charge in [0.25, 0.3) is 0 Å². The molecule has 1 aromatic heterocycles. The Morgan fingerprint density at radius 3 is 2.96 bits per heavy atom. The minimum atomic E-state index is 0.00881. The maximum absolute atomic E-state index is 11.9. The molecule has 1 amide bonds. The summed E-state index contributed by atoms with van der Waals surface area (Å²) in [5.74, 6) is 1.81. The molecule has 7 nitrogen and oxygen atoms in total. The monoisotopic (exact) mass is 344 g/mol. The van der Waals surface area contributed by atoms with Crippen molar-refractivity contribution in [3.63, 3.8) is 0 Å². The summed E-state index contributed by atoms with van der Waals surface area (Å²) in [7, 11) is 0. The van der Waals surface area contributed by atoms with Gasteiger partial charge in [-0.25, -0.2) is 0 Å². The molecule has 134 valence electrons. The fraction of sp³-hybridized carbons (Fsp3) is 0.500. The average Bonchev–Trinajstić information content (AvgIpc) is 3.31. The van der Waals surface area contributed by atoms with E-state index in [1.54, 1.807) is 0 Å². The molecule has 0 bridgehead atoms. The SMILES string of the molecule is CCOc1ccc(-c2noc(CCC(=O)NCC3CCCN3)n2)cc1. The summed E-state index contributed by atoms with van der Waals surface area (Å²) < 4.78 is 10.7. The van der Waals surface area contributed by atoms with Gasteiger partial charge in [-0.05, 0) is 50.6 Å². The Morgan fingerprint density at radius 1 is 1.40 bits per heavy atom. The van der Waals surface area contributed by atoms with Gasteiger partial charge in [0.1, 0.15) is 5.75 Å². The van der Waals surface area contributed by atoms with Gasteiger partial charge in [0.2, 0.25) is 17.6 Å². The van der Waals surface area contributed by atoms with Crippen LogP contribution in [0.5, 0.6) is 5.75 Å². The van der Waals surface area contributed by atoms with Crippen LogP contribution in [0.3, 0.4) is 0 Å². The molecular weight excluding hydrogens is 320 g/mol. The largest absolute Gasteiger partial charge is 0.494 e. The second-order valence-corrected chi connectivity index (χ2v) is 6.07. The molecule has 1 saturated heterocycles. The van der Waals surface area contributed by atoms with Crippen molar-refractivity contribution >= 4 is 5.91 Å². The van der Waals surface area contributed by atoms with Crippen LogP contribution in [-0.2, 0) is 11.2 Å². The highest BCUT2D eigenvalue weighted by atomic mass is 16.5. The number of hydrogen-bond donors (Lipinski definition) is 2. The Labute approximate surface area is 147 Å². The summed E-state index contributed by atoms with van der Waals surface area (Å²) in [5, 5.41) is 10.3. The van der Waals surface area contributed by atoms with Gasteiger partial charge in [0.15, 0.2) is 0 Å². The third kappa shape index (κ3) is 5.03. The van der Waals surface area contributed by atoms with Crippen LogP contribution in [0.2, 0.25) is 0 Å². The number of amides is 1. The zero-order valence-electron chi connectivity index (χ0n) is 14.5. The fourth-order valence-electron chi connectivity index (χ4n) is 2.82. The zero-order valence-corrected chi connectivity index (χ0v) is 14.5. The molecule has 1 atom stereocenters. The Hall–Kier alpha value is -2.41. The van der Waals surface area contributed by atoms with Gasteiger partial charge in [-0.15, -0.1) is 0 Å². The number of nitrogens with one attached hydrogen (secondary N) is 2. The Kier molecular flexibility index (Phi) is 6.00. The summed E-state index contributed by atoms with van der Waals surface area (Å²) in [6.45, 7) is 4.29. The lowest BCUT2D eigenvalue weighted by Gasteiger charge is -2.10. The standard InChI is InChI=1S/C18H24N4O3/c1-2-24-15-7-5-13(6-8-15)18-21-17(25-22-18)10-9-16(23)20-12-14-4-3-11-19-14/h5-8,14,19H,2-4,9-12H2,1H3,(H,20,23). The number of benzene rings is 1. The van der Waals surface area contributed by atoms with E-state index in [4.69, 9.17) is 9.26 Å². The number of rotatable bonds is 8. The number of carbonyl (C=O) groups excluding carboxylic acids is 1. The van der Waals surface area contributed by atoms with Crippen LogP contribution in [0.4, 0.5) is 0 Å². The predicted molar refractivity (Wildman–Crippen MR) is 93.3 cm³/mol. The van der Waals surface area contributed by atoms with Crippen molar-refractivity contribution in [3.05, 3.63) is 30.2 Å². The quantitative estimate of drug-likeness (QED) is 0.761. The average molecular weight is 344 g/mol. The van der Waals surface area contributed by atoms with Crippen LogP contribution in [0.1, 0.15) is 32.1 Å². The second-order valence-electron chi connectivity index (χ2n) is 6.07. The van der Waals surface area contributed by atoms with Crippen LogP contribution >= 0.6 is 0 Å². The Balaban J connectivity index is 1.46. The first-order chi connectivity index (χ1) is 12.2. The Bertz CT molecular complexity index is 678. The van der Waals surface area contributed by atoms with E-state index >= 15 is 0 Å². The molecule has 1 aromatic carbocycles. The molecule has 0 spiro atoms. The number of ether oxygens (including phenoxy) is 1. The molecule has 1 aliphatic rings. The molecule has 25 heavy (non-hydrogen) atoms. The molecule has 0 aliphatic carbocycles. The number of nitrogens with zero attached hydrogens (tertiary/aromatic N) is 2. The minimum absolute atomic E-state index is 0.00881. The fourth-order valence-corrected chi connectivity index (χ4v) is 2.82. The summed E-state index contributed by atoms with van der Waals surface area (Å²) in [6.07, 6.45) is 3.08. The zero-order chi connectivity index (χ0) is 17.5. The number of aromatic nitrogens is 2. The van der Waals surface area contributed by atoms with Crippen molar-refractivity contribution in [1.82, 2.24) is 20.8 Å². The van der Waals surface area contributed by atoms with Crippen molar-refractivity contribution in [3.8, 4) is 17.1 Å². The van der Waals surface area contributed by atoms with Crippen molar-refractivity contribution in [2.24, 2.45) is 0 Å². The lowest BCUT2D eigenvalue weighted by Crippen LogP contribution is -2.37. The van der Waals surface area contributed by atoms with E-state index in [0.29, 0.717) is 43.8 Å². The van der Waals surface area contributed by atoms with E-state index in [1.807, 2.05) is 31.2 Å². The molecule has 1 fully saturated rings. The normalized spacial score (nSPS) is 16.8. The third-order valence-electron chi connectivity index (χ3n) is 4.17. The van der Waals surface area contributed by atoms with Gasteiger partial charge in [-0.3, -0.25) is 4.79 Å². The van der Waals surface area contributed by atoms with E-state index in [-0.39, 0.29) is 5.91 Å². The summed E-state index contributed by atoms with van der Waals surface area (Å²) >= 11 is 0. The van der Waals surface area contributed by atoms with Crippen molar-refractivity contribution in [2.75, 3.05) is 19.7 Å². The van der Waals surface area contributed by atoms with E-state index < -0.39 is 0 Å². The first kappa shape index (κ1) is 17.4. The first-order valence-corrected chi connectivity index (χ1v) is 8.80. The molecule has 7 heteroatoms. The second kappa shape index (κ2) is 8.62. The van der Waals surface area contributed by atoms with Gasteiger partial charge in [0, 0.05) is 31.0 Å². The minimum Gasteiger partial charge on any atom is -0.494 e. The van der Waals surface area contributed by atoms with Crippen LogP contribution in [0.25, 0.3) is 11.4 Å². The van der Waals surface area contributed by atoms with E-state index in [0.717, 1.165) is 24.3 Å². The van der Waals surface area contributed by atoms with Gasteiger partial charge in [0.05, 0.1) is 6.61 Å². The Morgan fingerprint density at radius 2 is 2.24 bits per heavy atom. The van der Waals surface area contributed by atoms with Crippen molar-refractivity contribution in [2.45, 2.75) is 38.6 Å². The first-order valence-electron chi connectivity index (χ1n) is 8.80. The van der Waals surface area contributed by atoms with Gasteiger partial charge in [-0.2, -0.15) is 4.98 Å². The van der Waals surface area contributed by atoms with E-state index in [1.165, 1.54) is 6.42 Å². The molecule has 1 unspecified atom stereocenters. The lowest BCUT2D eigenvalue weighted by atomic mass is 10.2. The highest BCUT2D eigenvalue weighted by Gasteiger charge is 2.15. The number of aryl methyl sites for hydroxylation is 1. The summed E-state index contributed by atoms with van der Waals surface area (Å²) in [4.78, 5) is 16.3. The molecule has 3 rings (SSSR count). The van der Waals surface area contributed by atoms with Crippen molar-refractivity contribution < 1.29 is 14.1 Å². The lowest BCUT2D eigenvalue weighted by molar-refractivity contribution is -0.121. The molecular formula is C18H24N4O3. The van der Waals surface area contributed by atoms with Crippen molar-refractivity contribution in [1.29, 1.82) is 0 Å². The van der Waals surface area contributed by atoms with E-state index in [2.05, 4.69) is 20.8 Å². The van der Waals surface area contributed by atoms with Gasteiger partial charge < -0.3 is 19.9 Å². The highest BCUT2D eigenvalue weighted by Crippen LogP contribution is 2.20. The molecule has 2 N–H and O–H groups in total. The highest BCUT2D eigenvalue weighted by molar-refractivity contribution is 5.76. The maximum Gasteiger partial charge on any atom is 0.227 e. The molecule has 1 aliphatic heterocycles. The van der Waals surface area contributed by atoms with Gasteiger partial charge in [-0.1, -0.05) is 5.16 Å². The molecule has 0 saturated carbocycles. The van der Waals surface area contributed by atoms with E-state index in [9.17, 15) is 4.79 Å². The maximum atomic E-state index is 11.9. The topological polar surface area (TPSA) is 89.3 Å².